The summed E-state index contributed by atoms with van der Waals surface area (Å²) in [6.45, 7) is 5.63. The molecule has 0 aromatic rings. The molecule has 1 rings (SSSR count). The van der Waals surface area contributed by atoms with Crippen molar-refractivity contribution >= 4 is 5.97 Å². The van der Waals surface area contributed by atoms with Crippen LogP contribution in [0.1, 0.15) is 46.5 Å². The molecule has 1 atom stereocenters. The van der Waals surface area contributed by atoms with Gasteiger partial charge in [0, 0.05) is 0 Å². The third-order valence-electron chi connectivity index (χ3n) is 3.44. The molecule has 0 aromatic carbocycles. The molecule has 3 nitrogen and oxygen atoms in total. The van der Waals surface area contributed by atoms with E-state index in [4.69, 9.17) is 4.74 Å². The summed E-state index contributed by atoms with van der Waals surface area (Å²) < 4.78 is 5.03. The van der Waals surface area contributed by atoms with Crippen LogP contribution in [0.2, 0.25) is 0 Å². The molecule has 0 amide bonds. The van der Waals surface area contributed by atoms with E-state index < -0.39 is 11.0 Å². The Bertz CT molecular complexity index is 281. The van der Waals surface area contributed by atoms with Crippen LogP contribution in [0.15, 0.2) is 12.2 Å². The van der Waals surface area contributed by atoms with E-state index in [2.05, 4.69) is 0 Å². The van der Waals surface area contributed by atoms with Crippen molar-refractivity contribution in [2.24, 2.45) is 5.41 Å². The smallest absolute Gasteiger partial charge is 0.314 e. The first kappa shape index (κ1) is 13.2. The highest BCUT2D eigenvalue weighted by Gasteiger charge is 2.48. The van der Waals surface area contributed by atoms with Gasteiger partial charge in [-0.05, 0) is 46.5 Å². The first-order valence-electron chi connectivity index (χ1n) is 6.01. The molecule has 1 unspecified atom stereocenters. The Morgan fingerprint density at radius 3 is 2.81 bits per heavy atom. The lowest BCUT2D eigenvalue weighted by Gasteiger charge is -2.38. The normalized spacial score (nSPS) is 26.2. The molecule has 0 saturated heterocycles. The second kappa shape index (κ2) is 5.00. The zero-order chi connectivity index (χ0) is 12.2. The number of rotatable bonds is 3. The Labute approximate surface area is 97.5 Å². The molecule has 0 saturated carbocycles. The average molecular weight is 226 g/mol. The molecule has 0 aliphatic heterocycles. The maximum Gasteiger partial charge on any atom is 0.314 e. The Balaban J connectivity index is 2.90. The number of hydrogen-bond acceptors (Lipinski definition) is 3. The average Bonchev–Trinajstić information content (AvgIpc) is 2.44. The predicted molar refractivity (Wildman–Crippen MR) is 63.0 cm³/mol. The largest absolute Gasteiger partial charge is 0.465 e. The van der Waals surface area contributed by atoms with Crippen LogP contribution in [-0.2, 0) is 9.53 Å². The lowest BCUT2D eigenvalue weighted by atomic mass is 9.72. The lowest BCUT2D eigenvalue weighted by Crippen LogP contribution is -2.48. The van der Waals surface area contributed by atoms with Crippen molar-refractivity contribution in [2.45, 2.75) is 52.1 Å². The molecule has 0 fully saturated rings. The van der Waals surface area contributed by atoms with Crippen molar-refractivity contribution in [3.05, 3.63) is 12.2 Å². The number of carbonyl (C=O) groups excluding carboxylic acids is 1. The van der Waals surface area contributed by atoms with Crippen LogP contribution in [0.4, 0.5) is 0 Å². The van der Waals surface area contributed by atoms with Crippen LogP contribution in [0.25, 0.3) is 0 Å². The minimum atomic E-state index is -1.07. The standard InChI is InChI=1S/C13H22O3/c1-4-16-11(14)12(2,3)13(15)9-7-5-6-8-10-13/h7,9,15H,4-6,8,10H2,1-3H3. The Morgan fingerprint density at radius 1 is 1.50 bits per heavy atom. The van der Waals surface area contributed by atoms with E-state index in [9.17, 15) is 9.90 Å². The molecule has 0 spiro atoms. The van der Waals surface area contributed by atoms with Gasteiger partial charge in [-0.15, -0.1) is 0 Å². The fourth-order valence-corrected chi connectivity index (χ4v) is 2.03. The fraction of sp³-hybridized carbons (Fsp3) is 0.769. The Morgan fingerprint density at radius 2 is 2.19 bits per heavy atom. The molecule has 0 heterocycles. The van der Waals surface area contributed by atoms with Crippen molar-refractivity contribution < 1.29 is 14.6 Å². The highest BCUT2D eigenvalue weighted by Crippen LogP contribution is 2.39. The van der Waals surface area contributed by atoms with E-state index in [1.165, 1.54) is 0 Å². The minimum absolute atomic E-state index is 0.330. The van der Waals surface area contributed by atoms with E-state index >= 15 is 0 Å². The Hall–Kier alpha value is -0.830. The second-order valence-electron chi connectivity index (χ2n) is 4.92. The summed E-state index contributed by atoms with van der Waals surface area (Å²) in [5.74, 6) is -0.330. The molecule has 0 bridgehead atoms. The van der Waals surface area contributed by atoms with E-state index in [0.717, 1.165) is 19.3 Å². The monoisotopic (exact) mass is 226 g/mol. The van der Waals surface area contributed by atoms with Crippen molar-refractivity contribution in [1.82, 2.24) is 0 Å². The number of ether oxygens (including phenoxy) is 1. The molecule has 0 aromatic heterocycles. The van der Waals surface area contributed by atoms with Crippen molar-refractivity contribution in [3.8, 4) is 0 Å². The quantitative estimate of drug-likeness (QED) is 0.594. The summed E-state index contributed by atoms with van der Waals surface area (Å²) in [5, 5.41) is 10.6. The third-order valence-corrected chi connectivity index (χ3v) is 3.44. The zero-order valence-electron chi connectivity index (χ0n) is 10.5. The zero-order valence-corrected chi connectivity index (χ0v) is 10.5. The number of allylic oxidation sites excluding steroid dienone is 1. The van der Waals surface area contributed by atoms with Crippen LogP contribution >= 0.6 is 0 Å². The topological polar surface area (TPSA) is 46.5 Å². The van der Waals surface area contributed by atoms with Crippen molar-refractivity contribution in [1.29, 1.82) is 0 Å². The molecule has 0 radical (unpaired) electrons. The maximum absolute atomic E-state index is 11.9. The van der Waals surface area contributed by atoms with Crippen molar-refractivity contribution in [3.63, 3.8) is 0 Å². The molecule has 16 heavy (non-hydrogen) atoms. The van der Waals surface area contributed by atoms with Crippen LogP contribution < -0.4 is 0 Å². The van der Waals surface area contributed by atoms with E-state index in [-0.39, 0.29) is 5.97 Å². The van der Waals surface area contributed by atoms with Crippen LogP contribution in [0.5, 0.6) is 0 Å². The summed E-state index contributed by atoms with van der Waals surface area (Å²) >= 11 is 0. The summed E-state index contributed by atoms with van der Waals surface area (Å²) in [5.41, 5.74) is -1.96. The van der Waals surface area contributed by atoms with Crippen LogP contribution in [0, 0.1) is 5.41 Å². The van der Waals surface area contributed by atoms with E-state index in [1.807, 2.05) is 6.08 Å². The van der Waals surface area contributed by atoms with Gasteiger partial charge in [0.25, 0.3) is 0 Å². The SMILES string of the molecule is CCOC(=O)C(C)(C)C1(O)C=CCCCC1. The van der Waals surface area contributed by atoms with Gasteiger partial charge in [0.2, 0.25) is 0 Å². The van der Waals surface area contributed by atoms with Gasteiger partial charge in [0.1, 0.15) is 0 Å². The summed E-state index contributed by atoms with van der Waals surface area (Å²) in [4.78, 5) is 11.9. The lowest BCUT2D eigenvalue weighted by molar-refractivity contribution is -0.166. The second-order valence-corrected chi connectivity index (χ2v) is 4.92. The highest BCUT2D eigenvalue weighted by atomic mass is 16.5. The number of carbonyl (C=O) groups is 1. The third kappa shape index (κ3) is 2.46. The van der Waals surface area contributed by atoms with Gasteiger partial charge in [0.15, 0.2) is 0 Å². The molecular formula is C13H22O3. The molecule has 1 aliphatic rings. The summed E-state index contributed by atoms with van der Waals surface area (Å²) in [7, 11) is 0. The molecular weight excluding hydrogens is 204 g/mol. The van der Waals surface area contributed by atoms with Gasteiger partial charge in [-0.25, -0.2) is 0 Å². The van der Waals surface area contributed by atoms with Gasteiger partial charge in [-0.1, -0.05) is 12.2 Å². The minimum Gasteiger partial charge on any atom is -0.465 e. The first-order valence-corrected chi connectivity index (χ1v) is 6.01. The predicted octanol–water partition coefficient (Wildman–Crippen LogP) is 2.44. The number of esters is 1. The highest BCUT2D eigenvalue weighted by molar-refractivity contribution is 5.78. The number of hydrogen-bond donors (Lipinski definition) is 1. The van der Waals surface area contributed by atoms with E-state index in [1.54, 1.807) is 26.8 Å². The number of aliphatic hydroxyl groups is 1. The van der Waals surface area contributed by atoms with Gasteiger partial charge in [-0.2, -0.15) is 0 Å². The van der Waals surface area contributed by atoms with Gasteiger partial charge >= 0.3 is 5.97 Å². The van der Waals surface area contributed by atoms with Crippen molar-refractivity contribution in [2.75, 3.05) is 6.61 Å². The maximum atomic E-state index is 11.9. The van der Waals surface area contributed by atoms with Gasteiger partial charge in [-0.3, -0.25) is 4.79 Å². The molecule has 3 heteroatoms. The summed E-state index contributed by atoms with van der Waals surface area (Å²) in [6, 6.07) is 0. The van der Waals surface area contributed by atoms with Crippen LogP contribution in [0.3, 0.4) is 0 Å². The van der Waals surface area contributed by atoms with Gasteiger partial charge in [0.05, 0.1) is 17.6 Å². The Kier molecular flexibility index (Phi) is 4.14. The van der Waals surface area contributed by atoms with Crippen LogP contribution in [-0.4, -0.2) is 23.3 Å². The molecule has 92 valence electrons. The molecule has 1 N–H and O–H groups in total. The fourth-order valence-electron chi connectivity index (χ4n) is 2.03. The summed E-state index contributed by atoms with van der Waals surface area (Å²) in [6.07, 6.45) is 7.34. The van der Waals surface area contributed by atoms with Gasteiger partial charge < -0.3 is 9.84 Å². The first-order chi connectivity index (χ1) is 7.44. The van der Waals surface area contributed by atoms with E-state index in [0.29, 0.717) is 13.0 Å². The molecule has 1 aliphatic carbocycles.